The van der Waals surface area contributed by atoms with Crippen molar-refractivity contribution in [1.29, 1.82) is 0 Å². The average molecular weight is 288 g/mol. The van der Waals surface area contributed by atoms with Gasteiger partial charge in [-0.25, -0.2) is 0 Å². The predicted molar refractivity (Wildman–Crippen MR) is 84.1 cm³/mol. The zero-order chi connectivity index (χ0) is 15.2. The molecule has 0 unspecified atom stereocenters. The Hall–Kier alpha value is -1.84. The molecule has 21 heavy (non-hydrogen) atoms. The number of hydrogen-bond acceptors (Lipinski definition) is 2. The summed E-state index contributed by atoms with van der Waals surface area (Å²) in [6.45, 7) is 2.12. The topological polar surface area (TPSA) is 40.6 Å². The SMILES string of the molecule is CC(=O)N(CCC(=O)N(C)c1ccccc1)C1CCCC1. The van der Waals surface area contributed by atoms with Crippen molar-refractivity contribution in [1.82, 2.24) is 4.90 Å². The first-order valence-electron chi connectivity index (χ1n) is 7.68. The lowest BCUT2D eigenvalue weighted by molar-refractivity contribution is -0.131. The Labute approximate surface area is 126 Å². The van der Waals surface area contributed by atoms with Crippen LogP contribution in [0.4, 0.5) is 5.69 Å². The number of nitrogens with zero attached hydrogens (tertiary/aromatic N) is 2. The van der Waals surface area contributed by atoms with Crippen LogP contribution < -0.4 is 4.90 Å². The monoisotopic (exact) mass is 288 g/mol. The van der Waals surface area contributed by atoms with Crippen molar-refractivity contribution in [2.75, 3.05) is 18.5 Å². The Bertz CT molecular complexity index is 481. The summed E-state index contributed by atoms with van der Waals surface area (Å²) in [5, 5.41) is 0. The standard InChI is InChI=1S/C17H24N2O2/c1-14(20)19(16-10-6-7-11-16)13-12-17(21)18(2)15-8-4-3-5-9-15/h3-5,8-9,16H,6-7,10-13H2,1-2H3. The van der Waals surface area contributed by atoms with E-state index in [1.54, 1.807) is 18.9 Å². The van der Waals surface area contributed by atoms with Gasteiger partial charge in [-0.15, -0.1) is 0 Å². The fourth-order valence-electron chi connectivity index (χ4n) is 2.99. The summed E-state index contributed by atoms with van der Waals surface area (Å²) in [6, 6.07) is 9.92. The molecule has 0 bridgehead atoms. The van der Waals surface area contributed by atoms with Crippen LogP contribution in [0.3, 0.4) is 0 Å². The number of rotatable bonds is 5. The van der Waals surface area contributed by atoms with E-state index >= 15 is 0 Å². The largest absolute Gasteiger partial charge is 0.339 e. The first-order valence-corrected chi connectivity index (χ1v) is 7.68. The minimum absolute atomic E-state index is 0.0467. The van der Waals surface area contributed by atoms with E-state index < -0.39 is 0 Å². The summed E-state index contributed by atoms with van der Waals surface area (Å²) in [6.07, 6.45) is 4.89. The zero-order valence-corrected chi connectivity index (χ0v) is 12.9. The van der Waals surface area contributed by atoms with Gasteiger partial charge in [0.05, 0.1) is 0 Å². The summed E-state index contributed by atoms with van der Waals surface area (Å²) in [7, 11) is 1.78. The van der Waals surface area contributed by atoms with Gasteiger partial charge in [-0.2, -0.15) is 0 Å². The fourth-order valence-corrected chi connectivity index (χ4v) is 2.99. The molecule has 1 aliphatic carbocycles. The molecule has 0 N–H and O–H groups in total. The Kier molecular flexibility index (Phi) is 5.37. The molecule has 0 saturated heterocycles. The quantitative estimate of drug-likeness (QED) is 0.836. The maximum Gasteiger partial charge on any atom is 0.228 e. The van der Waals surface area contributed by atoms with Crippen LogP contribution in [0.25, 0.3) is 0 Å². The molecule has 0 radical (unpaired) electrons. The van der Waals surface area contributed by atoms with E-state index in [0.717, 1.165) is 18.5 Å². The number of amides is 2. The molecule has 0 aromatic heterocycles. The molecule has 0 aliphatic heterocycles. The third-order valence-corrected chi connectivity index (χ3v) is 4.25. The first kappa shape index (κ1) is 15.5. The summed E-state index contributed by atoms with van der Waals surface area (Å²) in [5.41, 5.74) is 0.887. The second kappa shape index (κ2) is 7.25. The van der Waals surface area contributed by atoms with E-state index in [0.29, 0.717) is 19.0 Å². The molecule has 4 nitrogen and oxygen atoms in total. The van der Waals surface area contributed by atoms with Gasteiger partial charge in [-0.3, -0.25) is 9.59 Å². The lowest BCUT2D eigenvalue weighted by Crippen LogP contribution is -2.40. The van der Waals surface area contributed by atoms with E-state index in [9.17, 15) is 9.59 Å². The van der Waals surface area contributed by atoms with Crippen molar-refractivity contribution in [3.8, 4) is 0 Å². The maximum atomic E-state index is 12.3. The number of hydrogen-bond donors (Lipinski definition) is 0. The molecule has 1 aromatic rings. The summed E-state index contributed by atoms with van der Waals surface area (Å²) in [5.74, 6) is 0.127. The van der Waals surface area contributed by atoms with Crippen molar-refractivity contribution in [2.24, 2.45) is 0 Å². The molecule has 2 amide bonds. The zero-order valence-electron chi connectivity index (χ0n) is 12.9. The molecule has 0 heterocycles. The molecule has 1 aromatic carbocycles. The number of carbonyl (C=O) groups excluding carboxylic acids is 2. The van der Waals surface area contributed by atoms with E-state index in [2.05, 4.69) is 0 Å². The predicted octanol–water partition coefficient (Wildman–Crippen LogP) is 2.83. The van der Waals surface area contributed by atoms with Gasteiger partial charge in [0.25, 0.3) is 0 Å². The Morgan fingerprint density at radius 1 is 1.14 bits per heavy atom. The normalized spacial score (nSPS) is 15.0. The van der Waals surface area contributed by atoms with Crippen molar-refractivity contribution in [2.45, 2.75) is 45.1 Å². The van der Waals surface area contributed by atoms with E-state index in [-0.39, 0.29) is 11.8 Å². The van der Waals surface area contributed by atoms with Gasteiger partial charge in [-0.1, -0.05) is 31.0 Å². The number of anilines is 1. The lowest BCUT2D eigenvalue weighted by Gasteiger charge is -2.28. The number of para-hydroxylation sites is 1. The molecule has 1 fully saturated rings. The van der Waals surface area contributed by atoms with Crippen LogP contribution in [0.2, 0.25) is 0 Å². The van der Waals surface area contributed by atoms with Gasteiger partial charge >= 0.3 is 0 Å². The molecular weight excluding hydrogens is 264 g/mol. The molecular formula is C17H24N2O2. The maximum absolute atomic E-state index is 12.3. The van der Waals surface area contributed by atoms with E-state index in [4.69, 9.17) is 0 Å². The highest BCUT2D eigenvalue weighted by atomic mass is 16.2. The highest BCUT2D eigenvalue weighted by Gasteiger charge is 2.25. The molecule has 0 atom stereocenters. The number of carbonyl (C=O) groups is 2. The Balaban J connectivity index is 1.91. The van der Waals surface area contributed by atoms with Crippen LogP contribution in [0.1, 0.15) is 39.0 Å². The van der Waals surface area contributed by atoms with Crippen LogP contribution in [0, 0.1) is 0 Å². The van der Waals surface area contributed by atoms with Gasteiger partial charge in [0.1, 0.15) is 0 Å². The minimum Gasteiger partial charge on any atom is -0.339 e. The van der Waals surface area contributed by atoms with Crippen molar-refractivity contribution < 1.29 is 9.59 Å². The van der Waals surface area contributed by atoms with Crippen LogP contribution in [-0.2, 0) is 9.59 Å². The highest BCUT2D eigenvalue weighted by Crippen LogP contribution is 2.24. The minimum atomic E-state index is 0.0467. The molecule has 0 spiro atoms. The fraction of sp³-hybridized carbons (Fsp3) is 0.529. The van der Waals surface area contributed by atoms with E-state index in [1.165, 1.54) is 12.8 Å². The summed E-state index contributed by atoms with van der Waals surface area (Å²) >= 11 is 0. The van der Waals surface area contributed by atoms with Crippen LogP contribution in [-0.4, -0.2) is 36.3 Å². The Morgan fingerprint density at radius 3 is 2.33 bits per heavy atom. The average Bonchev–Trinajstić information content (AvgIpc) is 3.01. The van der Waals surface area contributed by atoms with Crippen LogP contribution in [0.15, 0.2) is 30.3 Å². The third kappa shape index (κ3) is 4.06. The molecule has 1 saturated carbocycles. The van der Waals surface area contributed by atoms with Crippen LogP contribution >= 0.6 is 0 Å². The van der Waals surface area contributed by atoms with Gasteiger partial charge in [0, 0.05) is 38.7 Å². The molecule has 4 heteroatoms. The highest BCUT2D eigenvalue weighted by molar-refractivity contribution is 5.93. The van der Waals surface area contributed by atoms with Crippen molar-refractivity contribution in [3.05, 3.63) is 30.3 Å². The third-order valence-electron chi connectivity index (χ3n) is 4.25. The summed E-state index contributed by atoms with van der Waals surface area (Å²) < 4.78 is 0. The van der Waals surface area contributed by atoms with Gasteiger partial charge in [0.2, 0.25) is 11.8 Å². The second-order valence-corrected chi connectivity index (χ2v) is 5.69. The summed E-state index contributed by atoms with van der Waals surface area (Å²) in [4.78, 5) is 27.6. The van der Waals surface area contributed by atoms with E-state index in [1.807, 2.05) is 35.2 Å². The van der Waals surface area contributed by atoms with Gasteiger partial charge in [-0.05, 0) is 25.0 Å². The second-order valence-electron chi connectivity index (χ2n) is 5.69. The number of benzene rings is 1. The van der Waals surface area contributed by atoms with Gasteiger partial charge in [0.15, 0.2) is 0 Å². The molecule has 114 valence electrons. The van der Waals surface area contributed by atoms with Crippen molar-refractivity contribution in [3.63, 3.8) is 0 Å². The first-order chi connectivity index (χ1) is 10.1. The lowest BCUT2D eigenvalue weighted by atomic mass is 10.2. The Morgan fingerprint density at radius 2 is 1.76 bits per heavy atom. The van der Waals surface area contributed by atoms with Gasteiger partial charge < -0.3 is 9.80 Å². The smallest absolute Gasteiger partial charge is 0.228 e. The molecule has 2 rings (SSSR count). The molecule has 1 aliphatic rings. The van der Waals surface area contributed by atoms with Crippen molar-refractivity contribution >= 4 is 17.5 Å². The van der Waals surface area contributed by atoms with Crippen LogP contribution in [0.5, 0.6) is 0 Å².